The van der Waals surface area contributed by atoms with Gasteiger partial charge in [-0.25, -0.2) is 4.79 Å². The van der Waals surface area contributed by atoms with Crippen LogP contribution < -0.4 is 14.2 Å². The van der Waals surface area contributed by atoms with Crippen LogP contribution in [0.5, 0.6) is 17.2 Å². The van der Waals surface area contributed by atoms with Crippen LogP contribution in [0.3, 0.4) is 0 Å². The number of rotatable bonds is 17. The molecule has 0 bridgehead atoms. The summed E-state index contributed by atoms with van der Waals surface area (Å²) in [7, 11) is 3.34. The summed E-state index contributed by atoms with van der Waals surface area (Å²) in [6, 6.07) is 23.9. The number of likely N-dealkylation sites (tertiary alicyclic amines) is 1. The smallest absolute Gasteiger partial charge is 0.410 e. The van der Waals surface area contributed by atoms with Crippen molar-refractivity contribution in [1.82, 2.24) is 4.90 Å². The molecule has 0 radical (unpaired) electrons. The minimum absolute atomic E-state index is 0.0650. The van der Waals surface area contributed by atoms with Gasteiger partial charge in [-0.3, -0.25) is 0 Å². The zero-order valence-corrected chi connectivity index (χ0v) is 30.0. The van der Waals surface area contributed by atoms with Crippen molar-refractivity contribution in [3.05, 3.63) is 89.7 Å². The lowest BCUT2D eigenvalue weighted by Crippen LogP contribution is -2.48. The van der Waals surface area contributed by atoms with Gasteiger partial charge in [-0.15, -0.1) is 0 Å². The molecular weight excluding hydrogens is 638 g/mol. The van der Waals surface area contributed by atoms with Crippen molar-refractivity contribution in [1.29, 1.82) is 0 Å². The van der Waals surface area contributed by atoms with Gasteiger partial charge < -0.3 is 42.5 Å². The van der Waals surface area contributed by atoms with E-state index >= 15 is 0 Å². The third-order valence-electron chi connectivity index (χ3n) is 8.42. The molecule has 270 valence electrons. The standard InChI is InChI=1S/C40H51NO9/c1-40(2,3)50-39(42)41-20-19-34(29-15-17-32(18-16-29)46-23-10-22-45-27-31-11-6-7-13-35(31)44-5)37(26-41)48-28-33-25-30-12-8-14-36(38(30)49-33)47-24-9-21-43-4/h6-8,11-18,25,34,37H,9-10,19-24,26-28H2,1-5H3. The van der Waals surface area contributed by atoms with Crippen LogP contribution >= 0.6 is 0 Å². The number of carbonyl (C=O) groups is 1. The number of piperidine rings is 1. The normalized spacial score (nSPS) is 16.4. The Morgan fingerprint density at radius 3 is 2.40 bits per heavy atom. The van der Waals surface area contributed by atoms with Crippen LogP contribution in [0.2, 0.25) is 0 Å². The van der Waals surface area contributed by atoms with Gasteiger partial charge in [0.2, 0.25) is 0 Å². The van der Waals surface area contributed by atoms with Crippen molar-refractivity contribution in [2.24, 2.45) is 0 Å². The quantitative estimate of drug-likeness (QED) is 0.102. The van der Waals surface area contributed by atoms with E-state index in [9.17, 15) is 4.79 Å². The Hall–Kier alpha value is -4.25. The van der Waals surface area contributed by atoms with Crippen LogP contribution in [0.15, 0.2) is 77.2 Å². The number of ether oxygens (including phenoxy) is 7. The van der Waals surface area contributed by atoms with Gasteiger partial charge in [-0.2, -0.15) is 0 Å². The van der Waals surface area contributed by atoms with Gasteiger partial charge in [0, 0.05) is 50.0 Å². The van der Waals surface area contributed by atoms with E-state index in [0.29, 0.717) is 63.2 Å². The third-order valence-corrected chi connectivity index (χ3v) is 8.42. The van der Waals surface area contributed by atoms with Gasteiger partial charge in [0.25, 0.3) is 0 Å². The highest BCUT2D eigenvalue weighted by Gasteiger charge is 2.35. The molecule has 1 amide bonds. The van der Waals surface area contributed by atoms with E-state index in [1.165, 1.54) is 0 Å². The van der Waals surface area contributed by atoms with Gasteiger partial charge in [0.1, 0.15) is 29.5 Å². The van der Waals surface area contributed by atoms with E-state index in [1.54, 1.807) is 19.1 Å². The largest absolute Gasteiger partial charge is 0.496 e. The Bertz CT molecular complexity index is 1630. The molecule has 10 heteroatoms. The molecule has 1 aromatic heterocycles. The van der Waals surface area contributed by atoms with Crippen molar-refractivity contribution < 1.29 is 42.4 Å². The number of carbonyl (C=O) groups excluding carboxylic acids is 1. The SMILES string of the molecule is COCCCOc1cccc2cc(COC3CN(C(=O)OC(C)(C)C)CCC3c3ccc(OCCCOCc4ccccc4OC)cc3)oc12. The predicted molar refractivity (Wildman–Crippen MR) is 191 cm³/mol. The first kappa shape index (κ1) is 37.0. The summed E-state index contributed by atoms with van der Waals surface area (Å²) < 4.78 is 46.8. The summed E-state index contributed by atoms with van der Waals surface area (Å²) in [6.07, 6.45) is 1.67. The topological polar surface area (TPSA) is 98.1 Å². The number of hydrogen-bond donors (Lipinski definition) is 0. The van der Waals surface area contributed by atoms with Gasteiger partial charge in [-0.1, -0.05) is 42.5 Å². The second kappa shape index (κ2) is 18.1. The highest BCUT2D eigenvalue weighted by molar-refractivity contribution is 5.83. The summed E-state index contributed by atoms with van der Waals surface area (Å²) in [5.74, 6) is 3.07. The molecule has 2 atom stereocenters. The van der Waals surface area contributed by atoms with Gasteiger partial charge in [0.05, 0.1) is 46.2 Å². The number of para-hydroxylation sites is 2. The van der Waals surface area contributed by atoms with E-state index in [0.717, 1.165) is 47.3 Å². The van der Waals surface area contributed by atoms with Gasteiger partial charge >= 0.3 is 6.09 Å². The number of benzene rings is 3. The molecule has 0 N–H and O–H groups in total. The molecule has 1 aliphatic heterocycles. The molecule has 0 spiro atoms. The summed E-state index contributed by atoms with van der Waals surface area (Å²) in [4.78, 5) is 14.8. The second-order valence-corrected chi connectivity index (χ2v) is 13.4. The van der Waals surface area contributed by atoms with Gasteiger partial charge in [-0.05, 0) is 63.1 Å². The molecule has 1 fully saturated rings. The van der Waals surface area contributed by atoms with Crippen LogP contribution in [0.1, 0.15) is 62.8 Å². The Morgan fingerprint density at radius 1 is 0.860 bits per heavy atom. The second-order valence-electron chi connectivity index (χ2n) is 13.4. The fourth-order valence-corrected chi connectivity index (χ4v) is 5.97. The highest BCUT2D eigenvalue weighted by Crippen LogP contribution is 2.34. The fraction of sp³-hybridized carbons (Fsp3) is 0.475. The molecule has 2 heterocycles. The monoisotopic (exact) mass is 689 g/mol. The Balaban J connectivity index is 1.18. The average molecular weight is 690 g/mol. The zero-order valence-electron chi connectivity index (χ0n) is 30.0. The minimum Gasteiger partial charge on any atom is -0.496 e. The van der Waals surface area contributed by atoms with E-state index in [4.69, 9.17) is 37.6 Å². The molecule has 1 aliphatic rings. The highest BCUT2D eigenvalue weighted by atomic mass is 16.6. The average Bonchev–Trinajstić information content (AvgIpc) is 3.54. The molecule has 50 heavy (non-hydrogen) atoms. The number of amides is 1. The fourth-order valence-electron chi connectivity index (χ4n) is 5.97. The lowest BCUT2D eigenvalue weighted by Gasteiger charge is -2.39. The lowest BCUT2D eigenvalue weighted by molar-refractivity contribution is -0.0395. The maximum absolute atomic E-state index is 13.0. The number of fused-ring (bicyclic) bond motifs is 1. The molecule has 0 saturated carbocycles. The molecular formula is C40H51NO9. The van der Waals surface area contributed by atoms with E-state index in [-0.39, 0.29) is 24.7 Å². The van der Waals surface area contributed by atoms with E-state index < -0.39 is 5.60 Å². The molecule has 1 saturated heterocycles. The number of hydrogen-bond acceptors (Lipinski definition) is 9. The first-order valence-corrected chi connectivity index (χ1v) is 17.4. The van der Waals surface area contributed by atoms with E-state index in [2.05, 4.69) is 12.1 Å². The van der Waals surface area contributed by atoms with Gasteiger partial charge in [0.15, 0.2) is 11.3 Å². The maximum atomic E-state index is 13.0. The van der Waals surface area contributed by atoms with E-state index in [1.807, 2.05) is 81.4 Å². The molecule has 0 aliphatic carbocycles. The molecule has 2 unspecified atom stereocenters. The molecule has 3 aromatic carbocycles. The summed E-state index contributed by atoms with van der Waals surface area (Å²) in [5, 5.41) is 0.946. The van der Waals surface area contributed by atoms with Crippen LogP contribution in [-0.2, 0) is 32.2 Å². The Kier molecular flexibility index (Phi) is 13.4. The Labute approximate surface area is 295 Å². The first-order chi connectivity index (χ1) is 24.2. The van der Waals surface area contributed by atoms with Crippen LogP contribution in [-0.4, -0.2) is 76.4 Å². The number of furan rings is 1. The summed E-state index contributed by atoms with van der Waals surface area (Å²) in [5.41, 5.74) is 2.26. The van der Waals surface area contributed by atoms with Crippen molar-refractivity contribution in [3.8, 4) is 17.2 Å². The third kappa shape index (κ3) is 10.6. The molecule has 10 nitrogen and oxygen atoms in total. The molecule has 4 aromatic rings. The predicted octanol–water partition coefficient (Wildman–Crippen LogP) is 8.15. The van der Waals surface area contributed by atoms with Crippen LogP contribution in [0, 0.1) is 0 Å². The van der Waals surface area contributed by atoms with Crippen molar-refractivity contribution >= 4 is 17.1 Å². The van der Waals surface area contributed by atoms with Crippen molar-refractivity contribution in [2.45, 2.75) is 70.9 Å². The molecule has 5 rings (SSSR count). The number of methoxy groups -OCH3 is 2. The number of nitrogens with zero attached hydrogens (tertiary/aromatic N) is 1. The van der Waals surface area contributed by atoms with Crippen LogP contribution in [0.25, 0.3) is 11.0 Å². The first-order valence-electron chi connectivity index (χ1n) is 17.4. The van der Waals surface area contributed by atoms with Crippen LogP contribution in [0.4, 0.5) is 4.79 Å². The summed E-state index contributed by atoms with van der Waals surface area (Å²) >= 11 is 0. The minimum atomic E-state index is -0.584. The van der Waals surface area contributed by atoms with Crippen molar-refractivity contribution in [3.63, 3.8) is 0 Å². The Morgan fingerprint density at radius 2 is 1.62 bits per heavy atom. The lowest BCUT2D eigenvalue weighted by atomic mass is 9.87. The zero-order chi connectivity index (χ0) is 35.3. The maximum Gasteiger partial charge on any atom is 0.410 e. The summed E-state index contributed by atoms with van der Waals surface area (Å²) in [6.45, 7) is 9.64. The van der Waals surface area contributed by atoms with Crippen molar-refractivity contribution in [2.75, 3.05) is 53.7 Å².